The zero-order chi connectivity index (χ0) is 15.1. The first-order chi connectivity index (χ1) is 10.2. The third kappa shape index (κ3) is 3.95. The number of hydrogen-bond donors (Lipinski definition) is 2. The van der Waals surface area contributed by atoms with Gasteiger partial charge in [0.2, 0.25) is 11.8 Å². The molecule has 7 heteroatoms. The van der Waals surface area contributed by atoms with E-state index in [1.807, 2.05) is 13.0 Å². The van der Waals surface area contributed by atoms with Crippen LogP contribution < -0.4 is 20.5 Å². The molecular formula is C14H19N5O2. The summed E-state index contributed by atoms with van der Waals surface area (Å²) in [5, 5.41) is 3.15. The molecule has 0 bridgehead atoms. The Kier molecular flexibility index (Phi) is 5.14. The molecule has 0 aliphatic rings. The fourth-order valence-electron chi connectivity index (χ4n) is 1.66. The Hall–Kier alpha value is -2.57. The highest BCUT2D eigenvalue weighted by molar-refractivity contribution is 5.66. The number of nitrogens with one attached hydrogen (secondary N) is 1. The molecule has 0 saturated carbocycles. The Morgan fingerprint density at radius 2 is 2.10 bits per heavy atom. The van der Waals surface area contributed by atoms with Crippen LogP contribution in [0.4, 0.5) is 11.5 Å². The molecule has 0 spiro atoms. The van der Waals surface area contributed by atoms with Crippen molar-refractivity contribution in [3.8, 4) is 11.8 Å². The summed E-state index contributed by atoms with van der Waals surface area (Å²) in [6.45, 7) is 3.14. The number of nitrogens with zero attached hydrogens (tertiary/aromatic N) is 3. The van der Waals surface area contributed by atoms with Gasteiger partial charge in [-0.1, -0.05) is 13.0 Å². The van der Waals surface area contributed by atoms with Crippen molar-refractivity contribution in [1.29, 1.82) is 0 Å². The molecule has 0 unspecified atom stereocenters. The lowest BCUT2D eigenvalue weighted by molar-refractivity contribution is 0.306. The lowest BCUT2D eigenvalue weighted by Gasteiger charge is -2.11. The second-order valence-electron chi connectivity index (χ2n) is 4.35. The van der Waals surface area contributed by atoms with Crippen LogP contribution in [0.1, 0.15) is 18.9 Å². The standard InChI is InChI=1S/C14H19N5O2/c1-3-6-21-14-12(15)13(18-9-19-14)17-8-10-4-5-11(20-2)16-7-10/h4-5,7,9H,3,6,8,15H2,1-2H3,(H,17,18,19). The molecule has 0 atom stereocenters. The highest BCUT2D eigenvalue weighted by Gasteiger charge is 2.08. The fourth-order valence-corrected chi connectivity index (χ4v) is 1.66. The summed E-state index contributed by atoms with van der Waals surface area (Å²) < 4.78 is 10.5. The summed E-state index contributed by atoms with van der Waals surface area (Å²) in [6.07, 6.45) is 4.05. The predicted octanol–water partition coefficient (Wildman–Crippen LogP) is 1.86. The fraction of sp³-hybridized carbons (Fsp3) is 0.357. The number of aromatic nitrogens is 3. The van der Waals surface area contributed by atoms with Gasteiger partial charge in [-0.3, -0.25) is 0 Å². The van der Waals surface area contributed by atoms with Crippen molar-refractivity contribution in [3.05, 3.63) is 30.2 Å². The lowest BCUT2D eigenvalue weighted by atomic mass is 10.3. The van der Waals surface area contributed by atoms with Crippen LogP contribution in [0.2, 0.25) is 0 Å². The Morgan fingerprint density at radius 3 is 2.76 bits per heavy atom. The van der Waals surface area contributed by atoms with Gasteiger partial charge >= 0.3 is 0 Å². The average molecular weight is 289 g/mol. The third-order valence-electron chi connectivity index (χ3n) is 2.76. The molecule has 2 aromatic rings. The minimum Gasteiger partial charge on any atom is -0.481 e. The molecular weight excluding hydrogens is 270 g/mol. The average Bonchev–Trinajstić information content (AvgIpc) is 2.53. The molecule has 0 aromatic carbocycles. The van der Waals surface area contributed by atoms with E-state index in [-0.39, 0.29) is 0 Å². The lowest BCUT2D eigenvalue weighted by Crippen LogP contribution is -2.08. The molecule has 3 N–H and O–H groups in total. The maximum absolute atomic E-state index is 5.99. The monoisotopic (exact) mass is 289 g/mol. The number of hydrogen-bond acceptors (Lipinski definition) is 7. The van der Waals surface area contributed by atoms with Gasteiger partial charge in [0, 0.05) is 18.8 Å². The van der Waals surface area contributed by atoms with E-state index in [4.69, 9.17) is 15.2 Å². The number of pyridine rings is 1. The van der Waals surface area contributed by atoms with E-state index in [0.29, 0.717) is 36.4 Å². The smallest absolute Gasteiger partial charge is 0.242 e. The van der Waals surface area contributed by atoms with Crippen LogP contribution in [-0.4, -0.2) is 28.7 Å². The Balaban J connectivity index is 2.01. The van der Waals surface area contributed by atoms with Gasteiger partial charge in [-0.25, -0.2) is 9.97 Å². The summed E-state index contributed by atoms with van der Waals surface area (Å²) in [5.74, 6) is 1.53. The molecule has 0 fully saturated rings. The normalized spacial score (nSPS) is 10.2. The van der Waals surface area contributed by atoms with Crippen LogP contribution in [0, 0.1) is 0 Å². The van der Waals surface area contributed by atoms with Gasteiger partial charge in [0.15, 0.2) is 5.82 Å². The van der Waals surface area contributed by atoms with E-state index in [9.17, 15) is 0 Å². The first-order valence-electron chi connectivity index (χ1n) is 6.70. The summed E-state index contributed by atoms with van der Waals surface area (Å²) in [7, 11) is 1.58. The predicted molar refractivity (Wildman–Crippen MR) is 80.3 cm³/mol. The first kappa shape index (κ1) is 14.8. The molecule has 0 aliphatic carbocycles. The van der Waals surface area contributed by atoms with Gasteiger partial charge in [0.1, 0.15) is 12.0 Å². The molecule has 2 heterocycles. The van der Waals surface area contributed by atoms with Crippen molar-refractivity contribution in [1.82, 2.24) is 15.0 Å². The molecule has 0 radical (unpaired) electrons. The van der Waals surface area contributed by atoms with E-state index in [2.05, 4.69) is 20.3 Å². The van der Waals surface area contributed by atoms with Crippen LogP contribution in [0.3, 0.4) is 0 Å². The van der Waals surface area contributed by atoms with Crippen molar-refractivity contribution in [3.63, 3.8) is 0 Å². The topological polar surface area (TPSA) is 95.2 Å². The van der Waals surface area contributed by atoms with Crippen molar-refractivity contribution in [2.45, 2.75) is 19.9 Å². The maximum atomic E-state index is 5.99. The van der Waals surface area contributed by atoms with Crippen LogP contribution in [0.25, 0.3) is 0 Å². The van der Waals surface area contributed by atoms with Crippen molar-refractivity contribution >= 4 is 11.5 Å². The van der Waals surface area contributed by atoms with Gasteiger partial charge in [0.25, 0.3) is 0 Å². The number of rotatable bonds is 7. The van der Waals surface area contributed by atoms with E-state index in [1.165, 1.54) is 6.33 Å². The number of nitrogen functional groups attached to an aromatic ring is 1. The van der Waals surface area contributed by atoms with Gasteiger partial charge in [0.05, 0.1) is 13.7 Å². The summed E-state index contributed by atoms with van der Waals surface area (Å²) in [6, 6.07) is 3.72. The van der Waals surface area contributed by atoms with Gasteiger partial charge in [-0.05, 0) is 12.0 Å². The Morgan fingerprint density at radius 1 is 1.24 bits per heavy atom. The first-order valence-corrected chi connectivity index (χ1v) is 6.70. The molecule has 0 amide bonds. The zero-order valence-corrected chi connectivity index (χ0v) is 12.2. The Labute approximate surface area is 123 Å². The van der Waals surface area contributed by atoms with Crippen LogP contribution >= 0.6 is 0 Å². The van der Waals surface area contributed by atoms with Crippen molar-refractivity contribution in [2.24, 2.45) is 0 Å². The van der Waals surface area contributed by atoms with Crippen LogP contribution in [0.15, 0.2) is 24.7 Å². The molecule has 112 valence electrons. The highest BCUT2D eigenvalue weighted by atomic mass is 16.5. The second-order valence-corrected chi connectivity index (χ2v) is 4.35. The third-order valence-corrected chi connectivity index (χ3v) is 2.76. The summed E-state index contributed by atoms with van der Waals surface area (Å²) in [4.78, 5) is 12.3. The zero-order valence-electron chi connectivity index (χ0n) is 12.2. The molecule has 7 nitrogen and oxygen atoms in total. The van der Waals surface area contributed by atoms with Crippen molar-refractivity contribution < 1.29 is 9.47 Å². The maximum Gasteiger partial charge on any atom is 0.242 e. The highest BCUT2D eigenvalue weighted by Crippen LogP contribution is 2.25. The van der Waals surface area contributed by atoms with Crippen LogP contribution in [-0.2, 0) is 6.54 Å². The largest absolute Gasteiger partial charge is 0.481 e. The SMILES string of the molecule is CCCOc1ncnc(NCc2ccc(OC)nc2)c1N. The number of nitrogens with two attached hydrogens (primary N) is 1. The van der Waals surface area contributed by atoms with Gasteiger partial charge in [-0.15, -0.1) is 0 Å². The number of anilines is 2. The molecule has 0 saturated heterocycles. The van der Waals surface area contributed by atoms with Crippen LogP contribution in [0.5, 0.6) is 11.8 Å². The van der Waals surface area contributed by atoms with Gasteiger partial charge in [-0.2, -0.15) is 4.98 Å². The minimum atomic E-state index is 0.405. The molecule has 21 heavy (non-hydrogen) atoms. The summed E-state index contributed by atoms with van der Waals surface area (Å²) >= 11 is 0. The minimum absolute atomic E-state index is 0.405. The van der Waals surface area contributed by atoms with Crippen molar-refractivity contribution in [2.75, 3.05) is 24.8 Å². The molecule has 2 rings (SSSR count). The molecule has 0 aliphatic heterocycles. The number of methoxy groups -OCH3 is 1. The van der Waals surface area contributed by atoms with E-state index < -0.39 is 0 Å². The quantitative estimate of drug-likeness (QED) is 0.803. The Bertz CT molecular complexity index is 574. The number of ether oxygens (including phenoxy) is 2. The second kappa shape index (κ2) is 7.28. The van der Waals surface area contributed by atoms with Gasteiger partial charge < -0.3 is 20.5 Å². The van der Waals surface area contributed by atoms with E-state index in [1.54, 1.807) is 19.4 Å². The molecule has 2 aromatic heterocycles. The van der Waals surface area contributed by atoms with E-state index >= 15 is 0 Å². The van der Waals surface area contributed by atoms with E-state index in [0.717, 1.165) is 12.0 Å². The summed E-state index contributed by atoms with van der Waals surface area (Å²) in [5.41, 5.74) is 7.39.